The largest absolute Gasteiger partial charge is 0.371 e. The molecule has 0 spiro atoms. The maximum atomic E-state index is 11.4. The van der Waals surface area contributed by atoms with Crippen molar-refractivity contribution in [2.45, 2.75) is 0 Å². The van der Waals surface area contributed by atoms with Gasteiger partial charge in [0.05, 0.1) is 31.8 Å². The molecule has 0 aliphatic carbocycles. The molecule has 0 aromatic rings. The highest BCUT2D eigenvalue weighted by Gasteiger charge is 2.33. The quantitative estimate of drug-likeness (QED) is 0.207. The molecule has 162 valence electrons. The number of nitrogens with two attached hydrogens (primary N) is 1. The minimum Gasteiger partial charge on any atom is -0.371 e. The van der Waals surface area contributed by atoms with Crippen LogP contribution in [0.5, 0.6) is 0 Å². The molecule has 0 aliphatic heterocycles. The average molecular weight is 406 g/mol. The minimum absolute atomic E-state index is 0.0549. The molecule has 0 saturated heterocycles. The number of nitrogens with one attached hydrogen (secondary N) is 3. The van der Waals surface area contributed by atoms with Gasteiger partial charge in [0.1, 0.15) is 26.4 Å². The molecular formula is C16H30N4O8. The predicted molar refractivity (Wildman–Crippen MR) is 97.1 cm³/mol. The normalized spacial score (nSPS) is 11.0. The first-order valence-electron chi connectivity index (χ1n) is 8.49. The van der Waals surface area contributed by atoms with Crippen LogP contribution in [0.25, 0.3) is 0 Å². The fourth-order valence-electron chi connectivity index (χ4n) is 1.92. The second-order valence-corrected chi connectivity index (χ2v) is 5.96. The first-order valence-corrected chi connectivity index (χ1v) is 8.49. The summed E-state index contributed by atoms with van der Waals surface area (Å²) in [6.07, 6.45) is 0. The Morgan fingerprint density at radius 2 is 0.929 bits per heavy atom. The molecule has 4 amide bonds. The summed E-state index contributed by atoms with van der Waals surface area (Å²) in [7, 11) is 4.40. The number of primary amides is 1. The van der Waals surface area contributed by atoms with Crippen LogP contribution < -0.4 is 21.7 Å². The van der Waals surface area contributed by atoms with E-state index < -0.39 is 11.3 Å². The standard InChI is InChI=1S/C16H30N4O8/c1-18-13(22)5-26-9-16(8-25-4-12(17)21,10-27-6-14(23)19-2)11-28-7-15(24)20-3/h4-11H2,1-3H3,(H2,17,21)(H,18,22)(H,19,23)(H,20,24). The van der Waals surface area contributed by atoms with Crippen molar-refractivity contribution in [2.75, 3.05) is 74.0 Å². The van der Waals surface area contributed by atoms with E-state index in [0.717, 1.165) is 0 Å². The molecule has 5 N–H and O–H groups in total. The zero-order valence-corrected chi connectivity index (χ0v) is 16.5. The minimum atomic E-state index is -0.995. The van der Waals surface area contributed by atoms with Gasteiger partial charge in [-0.05, 0) is 0 Å². The Bertz CT molecular complexity index is 460. The lowest BCUT2D eigenvalue weighted by Gasteiger charge is -2.32. The average Bonchev–Trinajstić information content (AvgIpc) is 2.66. The van der Waals surface area contributed by atoms with Crippen molar-refractivity contribution in [2.24, 2.45) is 11.1 Å². The van der Waals surface area contributed by atoms with Gasteiger partial charge >= 0.3 is 0 Å². The molecule has 0 aliphatic rings. The summed E-state index contributed by atoms with van der Waals surface area (Å²) in [4.78, 5) is 45.1. The van der Waals surface area contributed by atoms with Gasteiger partial charge in [-0.15, -0.1) is 0 Å². The third kappa shape index (κ3) is 12.2. The lowest BCUT2D eigenvalue weighted by Crippen LogP contribution is -2.44. The highest BCUT2D eigenvalue weighted by molar-refractivity contribution is 5.77. The number of likely N-dealkylation sites (N-methyl/N-ethyl adjacent to an activating group) is 3. The number of hydrogen-bond acceptors (Lipinski definition) is 8. The van der Waals surface area contributed by atoms with Crippen molar-refractivity contribution in [3.63, 3.8) is 0 Å². The van der Waals surface area contributed by atoms with Crippen LogP contribution in [-0.2, 0) is 38.1 Å². The monoisotopic (exact) mass is 406 g/mol. The fraction of sp³-hybridized carbons (Fsp3) is 0.750. The van der Waals surface area contributed by atoms with Gasteiger partial charge in [0.25, 0.3) is 0 Å². The number of hydrogen-bond donors (Lipinski definition) is 4. The van der Waals surface area contributed by atoms with Crippen LogP contribution in [0.15, 0.2) is 0 Å². The molecule has 0 radical (unpaired) electrons. The van der Waals surface area contributed by atoms with E-state index in [9.17, 15) is 19.2 Å². The molecule has 0 aromatic heterocycles. The van der Waals surface area contributed by atoms with Crippen molar-refractivity contribution < 1.29 is 38.1 Å². The Labute approximate surface area is 163 Å². The first kappa shape index (κ1) is 25.7. The highest BCUT2D eigenvalue weighted by atomic mass is 16.5. The molecule has 0 rings (SSSR count). The van der Waals surface area contributed by atoms with Crippen LogP contribution in [0.4, 0.5) is 0 Å². The molecule has 0 saturated carbocycles. The van der Waals surface area contributed by atoms with Crippen molar-refractivity contribution in [3.8, 4) is 0 Å². The molecule has 0 heterocycles. The maximum absolute atomic E-state index is 11.4. The van der Waals surface area contributed by atoms with Gasteiger partial charge in [0.15, 0.2) is 0 Å². The third-order valence-corrected chi connectivity index (χ3v) is 3.41. The van der Waals surface area contributed by atoms with E-state index in [-0.39, 0.29) is 70.6 Å². The molecule has 12 nitrogen and oxygen atoms in total. The number of amides is 4. The molecule has 0 unspecified atom stereocenters. The SMILES string of the molecule is CNC(=O)COCC(COCC(N)=O)(COCC(=O)NC)COCC(=O)NC. The second kappa shape index (κ2) is 14.7. The van der Waals surface area contributed by atoms with Crippen LogP contribution in [0, 0.1) is 5.41 Å². The van der Waals surface area contributed by atoms with E-state index in [1.54, 1.807) is 0 Å². The maximum Gasteiger partial charge on any atom is 0.245 e. The Morgan fingerprint density at radius 1 is 0.643 bits per heavy atom. The summed E-state index contributed by atoms with van der Waals surface area (Å²) >= 11 is 0. The van der Waals surface area contributed by atoms with E-state index in [2.05, 4.69) is 16.0 Å². The van der Waals surface area contributed by atoms with Crippen LogP contribution >= 0.6 is 0 Å². The smallest absolute Gasteiger partial charge is 0.245 e. The van der Waals surface area contributed by atoms with Gasteiger partial charge in [0.2, 0.25) is 23.6 Å². The van der Waals surface area contributed by atoms with Crippen molar-refractivity contribution in [1.82, 2.24) is 16.0 Å². The van der Waals surface area contributed by atoms with E-state index in [1.807, 2.05) is 0 Å². The number of carbonyl (C=O) groups is 4. The van der Waals surface area contributed by atoms with Crippen molar-refractivity contribution in [1.29, 1.82) is 0 Å². The van der Waals surface area contributed by atoms with Gasteiger partial charge < -0.3 is 40.6 Å². The van der Waals surface area contributed by atoms with E-state index in [0.29, 0.717) is 0 Å². The van der Waals surface area contributed by atoms with E-state index >= 15 is 0 Å². The summed E-state index contributed by atoms with van der Waals surface area (Å²) in [5.41, 5.74) is 4.08. The van der Waals surface area contributed by atoms with Crippen LogP contribution in [0.1, 0.15) is 0 Å². The van der Waals surface area contributed by atoms with Gasteiger partial charge in [-0.3, -0.25) is 19.2 Å². The Morgan fingerprint density at radius 3 is 1.18 bits per heavy atom. The zero-order chi connectivity index (χ0) is 21.4. The summed E-state index contributed by atoms with van der Waals surface area (Å²) in [5, 5.41) is 7.25. The van der Waals surface area contributed by atoms with Crippen LogP contribution in [0.3, 0.4) is 0 Å². The Hall–Kier alpha value is -2.28. The molecule has 0 bridgehead atoms. The molecule has 0 atom stereocenters. The molecule has 0 fully saturated rings. The van der Waals surface area contributed by atoms with E-state index in [4.69, 9.17) is 24.7 Å². The van der Waals surface area contributed by atoms with E-state index in [1.165, 1.54) is 21.1 Å². The summed E-state index contributed by atoms with van der Waals surface area (Å²) in [6.45, 7) is -1.26. The summed E-state index contributed by atoms with van der Waals surface area (Å²) < 4.78 is 21.5. The third-order valence-electron chi connectivity index (χ3n) is 3.41. The second-order valence-electron chi connectivity index (χ2n) is 5.96. The lowest BCUT2D eigenvalue weighted by atomic mass is 9.92. The lowest BCUT2D eigenvalue weighted by molar-refractivity contribution is -0.142. The van der Waals surface area contributed by atoms with Gasteiger partial charge in [-0.1, -0.05) is 0 Å². The van der Waals surface area contributed by atoms with Gasteiger partial charge in [0, 0.05) is 21.1 Å². The molecular weight excluding hydrogens is 376 g/mol. The first-order chi connectivity index (χ1) is 13.3. The van der Waals surface area contributed by atoms with Crippen molar-refractivity contribution in [3.05, 3.63) is 0 Å². The van der Waals surface area contributed by atoms with Crippen LogP contribution in [-0.4, -0.2) is 97.6 Å². The predicted octanol–water partition coefficient (Wildman–Crippen LogP) is -3.24. The topological polar surface area (TPSA) is 167 Å². The molecule has 12 heteroatoms. The Kier molecular flexibility index (Phi) is 13.5. The highest BCUT2D eigenvalue weighted by Crippen LogP contribution is 2.21. The number of ether oxygens (including phenoxy) is 4. The summed E-state index contributed by atoms with van der Waals surface area (Å²) in [6, 6.07) is 0. The molecule has 0 aromatic carbocycles. The van der Waals surface area contributed by atoms with Crippen molar-refractivity contribution >= 4 is 23.6 Å². The number of rotatable bonds is 16. The number of carbonyl (C=O) groups excluding carboxylic acids is 4. The zero-order valence-electron chi connectivity index (χ0n) is 16.5. The molecule has 28 heavy (non-hydrogen) atoms. The van der Waals surface area contributed by atoms with Gasteiger partial charge in [-0.2, -0.15) is 0 Å². The van der Waals surface area contributed by atoms with Crippen LogP contribution in [0.2, 0.25) is 0 Å². The Balaban J connectivity index is 5.09. The summed E-state index contributed by atoms with van der Waals surface area (Å²) in [5.74, 6) is -1.70. The van der Waals surface area contributed by atoms with Gasteiger partial charge in [-0.25, -0.2) is 0 Å². The fourth-order valence-corrected chi connectivity index (χ4v) is 1.92.